The van der Waals surface area contributed by atoms with Crippen molar-refractivity contribution in [1.82, 2.24) is 36.0 Å². The van der Waals surface area contributed by atoms with Gasteiger partial charge in [0.05, 0.1) is 104 Å². The molecule has 15 atom stereocenters. The summed E-state index contributed by atoms with van der Waals surface area (Å²) in [7, 11) is 8.29. The molecular formula is C73H112N8O23S2. The Morgan fingerprint density at radius 1 is 0.698 bits per heavy atom. The quantitative estimate of drug-likeness (QED) is 0.0456. The number of likely N-dealkylation sites (tertiary alicyclic amines) is 1. The second kappa shape index (κ2) is 44.8. The van der Waals surface area contributed by atoms with E-state index >= 15 is 0 Å². The highest BCUT2D eigenvalue weighted by Crippen LogP contribution is 2.35. The van der Waals surface area contributed by atoms with E-state index in [0.717, 1.165) is 23.5 Å². The summed E-state index contributed by atoms with van der Waals surface area (Å²) in [5.74, 6) is -16.3. The van der Waals surface area contributed by atoms with Crippen molar-refractivity contribution in [1.29, 1.82) is 0 Å². The van der Waals surface area contributed by atoms with Crippen LogP contribution in [0.25, 0.3) is 0 Å². The van der Waals surface area contributed by atoms with E-state index in [-0.39, 0.29) is 141 Å². The summed E-state index contributed by atoms with van der Waals surface area (Å²) in [6.07, 6.45) is -3.85. The number of hydrogen-bond acceptors (Lipinski definition) is 23. The van der Waals surface area contributed by atoms with Gasteiger partial charge in [-0.1, -0.05) is 67.9 Å². The molecule has 33 heteroatoms. The lowest BCUT2D eigenvalue weighted by atomic mass is 9.83. The van der Waals surface area contributed by atoms with Gasteiger partial charge in [-0.25, -0.2) is 0 Å². The number of rotatable bonds is 27. The second-order valence-corrected chi connectivity index (χ2v) is 31.3. The lowest BCUT2D eigenvalue weighted by Crippen LogP contribution is -2.63. The molecule has 0 aromatic heterocycles. The molecule has 8 N–H and O–H groups in total. The van der Waals surface area contributed by atoms with Crippen LogP contribution in [0.15, 0.2) is 18.2 Å². The number of carboxylic acids is 3. The number of carbonyl (C=O) groups is 15. The molecule has 106 heavy (non-hydrogen) atoms. The smallest absolute Gasteiger partial charge is 0.313 e. The number of nitrogens with one attached hydrogen (secondary N) is 5. The number of ketones is 4. The number of aliphatic carboxylic acids is 3. The first-order chi connectivity index (χ1) is 50.0. The molecule has 4 rings (SSSR count). The number of Topliss-reactive ketones (excluding diaryl/α,β-unsaturated/α-hetero) is 4. The predicted molar refractivity (Wildman–Crippen MR) is 392 cm³/mol. The van der Waals surface area contributed by atoms with E-state index in [1.807, 2.05) is 60.5 Å². The number of carbonyl (C=O) groups excluding carboxylic acids is 12. The van der Waals surface area contributed by atoms with Gasteiger partial charge in [-0.15, -0.1) is 23.5 Å². The maximum absolute atomic E-state index is 14.7. The van der Waals surface area contributed by atoms with Crippen LogP contribution in [-0.2, 0) is 97.3 Å². The molecular weight excluding hydrogens is 1420 g/mol. The Morgan fingerprint density at radius 3 is 1.90 bits per heavy atom. The summed E-state index contributed by atoms with van der Waals surface area (Å²) in [5.41, 5.74) is 0.144. The maximum atomic E-state index is 14.7. The molecule has 2 fully saturated rings. The van der Waals surface area contributed by atoms with Crippen molar-refractivity contribution in [2.24, 2.45) is 41.4 Å². The van der Waals surface area contributed by atoms with E-state index < -0.39 is 173 Å². The number of fused-ring (bicyclic) bond motifs is 2. The van der Waals surface area contributed by atoms with Crippen molar-refractivity contribution < 1.29 is 111 Å². The molecule has 0 aliphatic carbocycles. The van der Waals surface area contributed by atoms with Crippen LogP contribution in [0.4, 0.5) is 5.69 Å². The van der Waals surface area contributed by atoms with Gasteiger partial charge in [-0.2, -0.15) is 0 Å². The molecule has 1 aromatic rings. The van der Waals surface area contributed by atoms with Gasteiger partial charge in [0.15, 0.2) is 23.1 Å². The van der Waals surface area contributed by atoms with Gasteiger partial charge < -0.3 is 75.4 Å². The van der Waals surface area contributed by atoms with Gasteiger partial charge in [-0.05, 0) is 82.2 Å². The average Bonchev–Trinajstić information content (AvgIpc) is 1.49. The third-order valence-electron chi connectivity index (χ3n) is 19.6. The van der Waals surface area contributed by atoms with Crippen molar-refractivity contribution in [3.8, 4) is 5.75 Å². The summed E-state index contributed by atoms with van der Waals surface area (Å²) in [6, 6.07) is -2.28. The van der Waals surface area contributed by atoms with E-state index in [9.17, 15) is 87.2 Å². The fourth-order valence-electron chi connectivity index (χ4n) is 13.6. The first-order valence-electron chi connectivity index (χ1n) is 36.2. The van der Waals surface area contributed by atoms with Crippen molar-refractivity contribution in [3.63, 3.8) is 0 Å². The van der Waals surface area contributed by atoms with Crippen LogP contribution >= 0.6 is 23.5 Å². The Balaban J connectivity index is 1.58. The van der Waals surface area contributed by atoms with Crippen molar-refractivity contribution >= 4 is 118 Å². The van der Waals surface area contributed by atoms with Gasteiger partial charge in [0.1, 0.15) is 17.9 Å². The van der Waals surface area contributed by atoms with Gasteiger partial charge in [0, 0.05) is 95.9 Å². The van der Waals surface area contributed by atoms with Crippen LogP contribution in [0.3, 0.4) is 0 Å². The Kier molecular flexibility index (Phi) is 38.4. The maximum Gasteiger partial charge on any atom is 0.313 e. The second-order valence-electron chi connectivity index (χ2n) is 28.5. The minimum atomic E-state index is -1.88. The highest BCUT2D eigenvalue weighted by molar-refractivity contribution is 8.17. The summed E-state index contributed by atoms with van der Waals surface area (Å²) < 4.78 is 29.0. The molecule has 31 nitrogen and oxygen atoms in total. The molecule has 4 unspecified atom stereocenters. The molecule has 0 radical (unpaired) electrons. The van der Waals surface area contributed by atoms with Crippen LogP contribution in [-0.4, -0.2) is 257 Å². The fourth-order valence-corrected chi connectivity index (χ4v) is 16.1. The zero-order valence-electron chi connectivity index (χ0n) is 63.6. The summed E-state index contributed by atoms with van der Waals surface area (Å²) in [6.45, 7) is 15.2. The highest BCUT2D eigenvalue weighted by atomic mass is 32.2. The summed E-state index contributed by atoms with van der Waals surface area (Å²) in [5, 5.41) is 39.8. The number of anilines is 1. The largest absolute Gasteiger partial charge is 0.481 e. The molecule has 3 aliphatic heterocycles. The SMILES string of the molecule is CC[C@H](C)[C@@H]([C@@H](CC(=O)N1CCC[C@H]1[C@H](OC)[C@@H](C)C(=O)C[C@@H](Cc1ccc2c(c1)NC(=O)[C@H](C)CC(=O)[C@H](C)NC(=O)CCOCCCC(=O)C1NC(=O)C(CC(=O)O)SCSC(CC(=O)O)C(=O)NC1C(=O)NCCOCCC(=O)O2)C(=O)O)OC)N(C)C(=O)[C@@H](CC(=O)[C@H](C(C)C)N(C)C)C(C)C. The number of nitrogens with zero attached hydrogens (tertiary/aromatic N) is 3. The highest BCUT2D eigenvalue weighted by Gasteiger charge is 2.45. The van der Waals surface area contributed by atoms with Crippen LogP contribution in [0, 0.1) is 41.4 Å². The number of esters is 1. The average molecular weight is 1530 g/mol. The van der Waals surface area contributed by atoms with E-state index in [2.05, 4.69) is 26.6 Å². The first-order valence-corrected chi connectivity index (χ1v) is 38.3. The fraction of sp³-hybridized carbons (Fsp3) is 0.712. The zero-order valence-corrected chi connectivity index (χ0v) is 65.2. The molecule has 2 saturated heterocycles. The van der Waals surface area contributed by atoms with Crippen molar-refractivity contribution in [3.05, 3.63) is 23.8 Å². The number of amides is 7. The number of ether oxygens (including phenoxy) is 5. The van der Waals surface area contributed by atoms with E-state index in [4.69, 9.17) is 23.7 Å². The molecule has 0 bridgehead atoms. The van der Waals surface area contributed by atoms with Gasteiger partial charge in [0.2, 0.25) is 41.4 Å². The Morgan fingerprint density at radius 2 is 1.32 bits per heavy atom. The van der Waals surface area contributed by atoms with Gasteiger partial charge in [0.25, 0.3) is 0 Å². The van der Waals surface area contributed by atoms with Crippen LogP contribution in [0.2, 0.25) is 0 Å². The van der Waals surface area contributed by atoms with Gasteiger partial charge in [-0.3, -0.25) is 76.8 Å². The Labute approximate surface area is 629 Å². The number of benzene rings is 1. The molecule has 3 aliphatic rings. The van der Waals surface area contributed by atoms with Crippen LogP contribution in [0.1, 0.15) is 151 Å². The van der Waals surface area contributed by atoms with E-state index in [1.54, 1.807) is 23.8 Å². The minimum absolute atomic E-state index is 0.0172. The van der Waals surface area contributed by atoms with Crippen LogP contribution in [0.5, 0.6) is 5.75 Å². The van der Waals surface area contributed by atoms with Crippen molar-refractivity contribution in [2.75, 3.05) is 85.3 Å². The monoisotopic (exact) mass is 1530 g/mol. The number of carboxylic acid groups (broad SMARTS) is 3. The number of hydrogen-bond donors (Lipinski definition) is 8. The van der Waals surface area contributed by atoms with E-state index in [0.29, 0.717) is 25.8 Å². The normalized spacial score (nSPS) is 23.9. The Bertz CT molecular complexity index is 3240. The molecule has 1 aromatic carbocycles. The summed E-state index contributed by atoms with van der Waals surface area (Å²) in [4.78, 5) is 209. The molecule has 0 saturated carbocycles. The van der Waals surface area contributed by atoms with E-state index in [1.165, 1.54) is 46.3 Å². The minimum Gasteiger partial charge on any atom is -0.481 e. The molecule has 594 valence electrons. The van der Waals surface area contributed by atoms with Gasteiger partial charge >= 0.3 is 23.9 Å². The number of likely N-dealkylation sites (N-methyl/N-ethyl adjacent to an activating group) is 2. The van der Waals surface area contributed by atoms with Crippen LogP contribution < -0.4 is 31.3 Å². The van der Waals surface area contributed by atoms with Crippen molar-refractivity contribution in [2.45, 2.75) is 211 Å². The lowest BCUT2D eigenvalue weighted by molar-refractivity contribution is -0.149. The number of thioether (sulfide) groups is 2. The molecule has 3 heterocycles. The molecule has 7 amide bonds. The third-order valence-corrected chi connectivity index (χ3v) is 22.3. The first kappa shape index (κ1) is 91.0. The lowest BCUT2D eigenvalue weighted by Gasteiger charge is -2.41. The standard InChI is InChI=1S/C73H112N8O23S2/c1-15-41(6)66(80(12)72(97)47(39(2)3)34-53(85)65(40(4)5)79(10)11)55(100-13)35-59(87)81-25-16-18-49(81)67(101-14)43(8)51(83)33-46(73(98)99)31-45-20-21-54-48(32-45)76-68(93)42(7)30-52(84)44(9)75-58(86)22-27-102-26-17-19-50(82)63-64(71(96)74-24-29-103-28-23-62(92)104-54)78-70(95)57(37-61(90)91)106-38-105-56(36-60(88)89)69(94)77-63/h20-21,32,39-44,46-47,49,55-57,63-67H,15-19,22-31,33-38H2,1-14H3,(H,74,96)(H,75,86)(H,76,93)(H,77,94)(H,78,95)(H,88,89)(H,90,91)(H,98,99)/t41-,42+,43-,44-,46+,47-,49-,55+,56?,57?,63?,64?,65-,66-,67+/m0/s1. The topological polar surface area (TPSA) is 433 Å². The third kappa shape index (κ3) is 28.0. The number of methoxy groups -OCH3 is 2. The molecule has 0 spiro atoms. The Hall–Kier alpha value is -7.43. The summed E-state index contributed by atoms with van der Waals surface area (Å²) >= 11 is 1.59. The predicted octanol–water partition coefficient (Wildman–Crippen LogP) is 3.96. The zero-order chi connectivity index (χ0) is 79.4.